The summed E-state index contributed by atoms with van der Waals surface area (Å²) in [5, 5.41) is 9.27. The normalized spacial score (nSPS) is 18.8. The summed E-state index contributed by atoms with van der Waals surface area (Å²) in [6.45, 7) is 4.64. The highest BCUT2D eigenvalue weighted by atomic mass is 16.5. The van der Waals surface area contributed by atoms with Crippen LogP contribution in [0.3, 0.4) is 0 Å². The number of rotatable bonds is 3. The van der Waals surface area contributed by atoms with E-state index >= 15 is 0 Å². The summed E-state index contributed by atoms with van der Waals surface area (Å²) in [7, 11) is 0. The van der Waals surface area contributed by atoms with Gasteiger partial charge in [-0.2, -0.15) is 5.10 Å². The second-order valence-corrected chi connectivity index (χ2v) is 8.69. The van der Waals surface area contributed by atoms with Gasteiger partial charge in [-0.1, -0.05) is 60.7 Å². The summed E-state index contributed by atoms with van der Waals surface area (Å²) < 4.78 is 5.94. The molecule has 0 spiro atoms. The number of urea groups is 1. The topological polar surface area (TPSA) is 53.9 Å². The molecule has 2 aliphatic rings. The molecule has 2 heterocycles. The third kappa shape index (κ3) is 3.91. The molecule has 1 atom stereocenters. The third-order valence-electron chi connectivity index (χ3n) is 5.73. The lowest BCUT2D eigenvalue weighted by atomic mass is 9.91. The van der Waals surface area contributed by atoms with Gasteiger partial charge >= 0.3 is 6.03 Å². The molecular formula is C26H25N3O2. The average molecular weight is 412 g/mol. The predicted molar refractivity (Wildman–Crippen MR) is 123 cm³/mol. The molecule has 0 bridgehead atoms. The number of nitrogens with one attached hydrogen (secondary N) is 1. The molecule has 0 fully saturated rings. The highest BCUT2D eigenvalue weighted by molar-refractivity contribution is 6.07. The lowest BCUT2D eigenvalue weighted by molar-refractivity contribution is 0.138. The Kier molecular flexibility index (Phi) is 4.74. The summed E-state index contributed by atoms with van der Waals surface area (Å²) in [4.78, 5) is 13.1. The van der Waals surface area contributed by atoms with Gasteiger partial charge in [0.1, 0.15) is 11.4 Å². The Morgan fingerprint density at radius 2 is 1.74 bits per heavy atom. The molecule has 5 rings (SSSR count). The van der Waals surface area contributed by atoms with Gasteiger partial charge in [0.05, 0.1) is 12.3 Å². The van der Waals surface area contributed by atoms with Gasteiger partial charge in [-0.3, -0.25) is 0 Å². The van der Waals surface area contributed by atoms with Gasteiger partial charge in [0.2, 0.25) is 0 Å². The van der Waals surface area contributed by atoms with Gasteiger partial charge in [-0.15, -0.1) is 0 Å². The maximum absolute atomic E-state index is 13.1. The van der Waals surface area contributed by atoms with Crippen LogP contribution < -0.4 is 10.1 Å². The quantitative estimate of drug-likeness (QED) is 0.624. The number of fused-ring (bicyclic) bond motifs is 1. The molecule has 1 N–H and O–H groups in total. The number of hydrazone groups is 1. The molecule has 2 aliphatic heterocycles. The Bertz CT molecular complexity index is 1140. The Morgan fingerprint density at radius 3 is 2.48 bits per heavy atom. The van der Waals surface area contributed by atoms with Crippen LogP contribution in [-0.4, -0.2) is 28.9 Å². The van der Waals surface area contributed by atoms with Crippen molar-refractivity contribution < 1.29 is 9.53 Å². The summed E-state index contributed by atoms with van der Waals surface area (Å²) >= 11 is 0. The van der Waals surface area contributed by atoms with Crippen LogP contribution >= 0.6 is 0 Å². The zero-order valence-corrected chi connectivity index (χ0v) is 17.7. The van der Waals surface area contributed by atoms with Crippen molar-refractivity contribution in [1.82, 2.24) is 5.01 Å². The molecule has 156 valence electrons. The van der Waals surface area contributed by atoms with Gasteiger partial charge in [0.25, 0.3) is 0 Å². The van der Waals surface area contributed by atoms with Gasteiger partial charge in [-0.25, -0.2) is 9.80 Å². The Morgan fingerprint density at radius 1 is 1.03 bits per heavy atom. The Hall–Kier alpha value is -3.60. The average Bonchev–Trinajstić information content (AvgIpc) is 3.35. The SMILES string of the molecule is CC1(C)Cc2cc(NC(=O)N3C[C@@H](c4ccccc4)C(c4ccccc4)=N3)ccc2O1. The van der Waals surface area contributed by atoms with E-state index in [-0.39, 0.29) is 17.6 Å². The van der Waals surface area contributed by atoms with Gasteiger partial charge in [-0.05, 0) is 43.2 Å². The number of anilines is 1. The van der Waals surface area contributed by atoms with Gasteiger partial charge in [0, 0.05) is 23.6 Å². The maximum atomic E-state index is 13.1. The van der Waals surface area contributed by atoms with Crippen molar-refractivity contribution in [1.29, 1.82) is 0 Å². The molecule has 3 aromatic carbocycles. The van der Waals surface area contributed by atoms with Crippen molar-refractivity contribution >= 4 is 17.4 Å². The van der Waals surface area contributed by atoms with Crippen LogP contribution in [0.1, 0.15) is 36.5 Å². The number of ether oxygens (including phenoxy) is 1. The molecule has 0 radical (unpaired) electrons. The Labute approximate surface area is 182 Å². The van der Waals surface area contributed by atoms with Crippen molar-refractivity contribution in [3.05, 3.63) is 95.6 Å². The molecule has 0 saturated heterocycles. The first-order chi connectivity index (χ1) is 15.0. The highest BCUT2D eigenvalue weighted by Gasteiger charge is 2.33. The van der Waals surface area contributed by atoms with Crippen LogP contribution in [0.2, 0.25) is 0 Å². The molecule has 0 aliphatic carbocycles. The van der Waals surface area contributed by atoms with Crippen LogP contribution in [0.5, 0.6) is 5.75 Å². The van der Waals surface area contributed by atoms with Crippen LogP contribution in [0.4, 0.5) is 10.5 Å². The molecule has 0 saturated carbocycles. The fourth-order valence-electron chi connectivity index (χ4n) is 4.32. The van der Waals surface area contributed by atoms with Crippen molar-refractivity contribution in [3.63, 3.8) is 0 Å². The highest BCUT2D eigenvalue weighted by Crippen LogP contribution is 2.36. The first-order valence-electron chi connectivity index (χ1n) is 10.6. The Balaban J connectivity index is 1.39. The minimum atomic E-state index is -0.231. The maximum Gasteiger partial charge on any atom is 0.342 e. The number of benzene rings is 3. The fraction of sp³-hybridized carbons (Fsp3) is 0.231. The number of hydrogen-bond acceptors (Lipinski definition) is 3. The van der Waals surface area contributed by atoms with Crippen molar-refractivity contribution in [2.75, 3.05) is 11.9 Å². The molecule has 2 amide bonds. The third-order valence-corrected chi connectivity index (χ3v) is 5.73. The van der Waals surface area contributed by atoms with Crippen LogP contribution in [0.25, 0.3) is 0 Å². The van der Waals surface area contributed by atoms with E-state index in [2.05, 4.69) is 31.3 Å². The van der Waals surface area contributed by atoms with E-state index in [4.69, 9.17) is 9.84 Å². The second kappa shape index (κ2) is 7.58. The summed E-state index contributed by atoms with van der Waals surface area (Å²) in [6.07, 6.45) is 0.822. The van der Waals surface area contributed by atoms with Crippen molar-refractivity contribution in [3.8, 4) is 5.75 Å². The predicted octanol–water partition coefficient (Wildman–Crippen LogP) is 5.44. The smallest absolute Gasteiger partial charge is 0.342 e. The van der Waals surface area contributed by atoms with Crippen LogP contribution in [-0.2, 0) is 6.42 Å². The molecule has 0 aromatic heterocycles. The lowest BCUT2D eigenvalue weighted by Crippen LogP contribution is -2.30. The summed E-state index contributed by atoms with van der Waals surface area (Å²) in [6, 6.07) is 25.9. The summed E-state index contributed by atoms with van der Waals surface area (Å²) in [5.41, 5.74) is 4.74. The largest absolute Gasteiger partial charge is 0.487 e. The number of nitrogens with zero attached hydrogens (tertiary/aromatic N) is 2. The zero-order chi connectivity index (χ0) is 21.4. The fourth-order valence-corrected chi connectivity index (χ4v) is 4.32. The number of carbonyl (C=O) groups is 1. The van der Waals surface area contributed by atoms with Crippen molar-refractivity contribution in [2.24, 2.45) is 5.10 Å². The number of carbonyl (C=O) groups excluding carboxylic acids is 1. The second-order valence-electron chi connectivity index (χ2n) is 8.69. The molecular weight excluding hydrogens is 386 g/mol. The van der Waals surface area contributed by atoms with Crippen LogP contribution in [0.15, 0.2) is 84.0 Å². The van der Waals surface area contributed by atoms with E-state index in [9.17, 15) is 4.79 Å². The van der Waals surface area contributed by atoms with Gasteiger partial charge in [0.15, 0.2) is 0 Å². The standard InChI is InChI=1S/C26H25N3O2/c1-26(2)16-20-15-21(13-14-23(20)31-26)27-25(30)29-17-22(18-9-5-3-6-10-18)24(28-29)19-11-7-4-8-12-19/h3-15,22H,16-17H2,1-2H3,(H,27,30)/t22-/m0/s1. The van der Waals surface area contributed by atoms with E-state index in [1.807, 2.05) is 66.7 Å². The minimum absolute atomic E-state index is 0.0311. The van der Waals surface area contributed by atoms with E-state index < -0.39 is 0 Å². The monoisotopic (exact) mass is 411 g/mol. The van der Waals surface area contributed by atoms with Gasteiger partial charge < -0.3 is 10.1 Å². The molecule has 5 heteroatoms. The first-order valence-corrected chi connectivity index (χ1v) is 10.6. The first kappa shape index (κ1) is 19.4. The minimum Gasteiger partial charge on any atom is -0.487 e. The van der Waals surface area contributed by atoms with Crippen molar-refractivity contribution in [2.45, 2.75) is 31.8 Å². The van der Waals surface area contributed by atoms with E-state index in [1.54, 1.807) is 0 Å². The summed E-state index contributed by atoms with van der Waals surface area (Å²) in [5.74, 6) is 0.918. The molecule has 3 aromatic rings. The van der Waals surface area contributed by atoms with E-state index in [1.165, 1.54) is 5.01 Å². The molecule has 31 heavy (non-hydrogen) atoms. The van der Waals surface area contributed by atoms with E-state index in [0.29, 0.717) is 6.54 Å². The van der Waals surface area contributed by atoms with Crippen LogP contribution in [0, 0.1) is 0 Å². The lowest BCUT2D eigenvalue weighted by Gasteiger charge is -2.16. The molecule has 0 unspecified atom stereocenters. The van der Waals surface area contributed by atoms with E-state index in [0.717, 1.165) is 40.3 Å². The number of amides is 2. The molecule has 5 nitrogen and oxygen atoms in total. The number of hydrogen-bond donors (Lipinski definition) is 1. The zero-order valence-electron chi connectivity index (χ0n) is 17.7.